The first-order chi connectivity index (χ1) is 11.6. The predicted octanol–water partition coefficient (Wildman–Crippen LogP) is 5.90. The summed E-state index contributed by atoms with van der Waals surface area (Å²) in [5.74, 6) is 0. The second-order valence-electron chi connectivity index (χ2n) is 7.56. The van der Waals surface area contributed by atoms with E-state index in [1.807, 2.05) is 11.3 Å². The molecule has 1 spiro atoms. The lowest BCUT2D eigenvalue weighted by molar-refractivity contribution is 0.421. The van der Waals surface area contributed by atoms with Crippen molar-refractivity contribution in [3.8, 4) is 0 Å². The smallest absolute Gasteiger partial charge is 0.0756 e. The molecule has 2 nitrogen and oxygen atoms in total. The highest BCUT2D eigenvalue weighted by molar-refractivity contribution is 7.19. The summed E-state index contributed by atoms with van der Waals surface area (Å²) in [6, 6.07) is 11.7. The zero-order valence-corrected chi connectivity index (χ0v) is 15.5. The molecule has 2 aromatic heterocycles. The molecule has 1 saturated carbocycles. The molecule has 1 fully saturated rings. The van der Waals surface area contributed by atoms with Gasteiger partial charge in [-0.15, -0.1) is 11.3 Å². The molecule has 3 aromatic rings. The average molecular weight is 337 g/mol. The van der Waals surface area contributed by atoms with Crippen LogP contribution in [-0.2, 0) is 12.6 Å². The number of aryl methyl sites for hydroxylation is 2. The van der Waals surface area contributed by atoms with E-state index >= 15 is 0 Å². The third kappa shape index (κ3) is 1.66. The van der Waals surface area contributed by atoms with Gasteiger partial charge < -0.3 is 9.47 Å². The van der Waals surface area contributed by atoms with Gasteiger partial charge in [0.2, 0.25) is 0 Å². The lowest BCUT2D eigenvalue weighted by atomic mass is 9.94. The molecule has 0 N–H and O–H groups in total. The van der Waals surface area contributed by atoms with Crippen LogP contribution in [0.4, 0.5) is 5.69 Å². The zero-order valence-electron chi connectivity index (χ0n) is 14.7. The Hall–Kier alpha value is -1.74. The fourth-order valence-electron chi connectivity index (χ4n) is 5.23. The summed E-state index contributed by atoms with van der Waals surface area (Å²) >= 11 is 2.05. The Morgan fingerprint density at radius 3 is 2.62 bits per heavy atom. The number of aromatic nitrogens is 1. The summed E-state index contributed by atoms with van der Waals surface area (Å²) in [4.78, 5) is 4.42. The molecule has 0 bridgehead atoms. The second-order valence-corrected chi connectivity index (χ2v) is 8.61. The molecule has 3 heterocycles. The highest BCUT2D eigenvalue weighted by atomic mass is 32.1. The van der Waals surface area contributed by atoms with Gasteiger partial charge in [-0.05, 0) is 44.4 Å². The SMILES string of the molecule is Cc1ccccc1N1C(C)c2c(sc3ccn(C)c23)C12CCCC2. The van der Waals surface area contributed by atoms with Crippen molar-refractivity contribution in [2.75, 3.05) is 4.90 Å². The van der Waals surface area contributed by atoms with Gasteiger partial charge >= 0.3 is 0 Å². The monoisotopic (exact) mass is 336 g/mol. The van der Waals surface area contributed by atoms with E-state index in [0.717, 1.165) is 0 Å². The van der Waals surface area contributed by atoms with Gasteiger partial charge in [-0.1, -0.05) is 31.0 Å². The van der Waals surface area contributed by atoms with Crippen molar-refractivity contribution in [1.29, 1.82) is 0 Å². The summed E-state index contributed by atoms with van der Waals surface area (Å²) in [5, 5.41) is 0. The molecule has 0 saturated heterocycles. The second kappa shape index (κ2) is 4.89. The van der Waals surface area contributed by atoms with Gasteiger partial charge in [-0.2, -0.15) is 0 Å². The van der Waals surface area contributed by atoms with Gasteiger partial charge in [-0.25, -0.2) is 0 Å². The Balaban J connectivity index is 1.80. The van der Waals surface area contributed by atoms with Crippen molar-refractivity contribution in [3.63, 3.8) is 0 Å². The minimum Gasteiger partial charge on any atom is -0.354 e. The van der Waals surface area contributed by atoms with Crippen molar-refractivity contribution in [2.45, 2.75) is 51.1 Å². The molecule has 24 heavy (non-hydrogen) atoms. The first kappa shape index (κ1) is 14.6. The highest BCUT2D eigenvalue weighted by Gasteiger charge is 2.52. The predicted molar refractivity (Wildman–Crippen MR) is 103 cm³/mol. The molecule has 1 aliphatic carbocycles. The lowest BCUT2D eigenvalue weighted by Gasteiger charge is -2.41. The summed E-state index contributed by atoms with van der Waals surface area (Å²) in [7, 11) is 2.19. The number of rotatable bonds is 1. The third-order valence-corrected chi connectivity index (χ3v) is 7.60. The van der Waals surface area contributed by atoms with Gasteiger partial charge in [0.1, 0.15) is 0 Å². The van der Waals surface area contributed by atoms with E-state index in [1.165, 1.54) is 47.2 Å². The quantitative estimate of drug-likeness (QED) is 0.537. The number of hydrogen-bond donors (Lipinski definition) is 0. The van der Waals surface area contributed by atoms with Crippen molar-refractivity contribution in [2.24, 2.45) is 7.05 Å². The lowest BCUT2D eigenvalue weighted by Crippen LogP contribution is -2.40. The Morgan fingerprint density at radius 1 is 1.12 bits per heavy atom. The number of anilines is 1. The van der Waals surface area contributed by atoms with Crippen molar-refractivity contribution in [3.05, 3.63) is 52.5 Å². The van der Waals surface area contributed by atoms with Crippen LogP contribution < -0.4 is 4.90 Å². The van der Waals surface area contributed by atoms with Crippen LogP contribution in [0.15, 0.2) is 36.5 Å². The standard InChI is InChI=1S/C21H24N2S/c1-14-8-4-5-9-16(14)23-15(2)18-19-17(10-13-22(19)3)24-20(18)21(23)11-6-7-12-21/h4-5,8-10,13,15H,6-7,11-12H2,1-3H3. The molecule has 1 aliphatic heterocycles. The summed E-state index contributed by atoms with van der Waals surface area (Å²) in [6.07, 6.45) is 7.51. The normalized spacial score (nSPS) is 22.0. The Labute approximate surface area is 147 Å². The van der Waals surface area contributed by atoms with Crippen LogP contribution in [0.3, 0.4) is 0 Å². The van der Waals surface area contributed by atoms with E-state index in [-0.39, 0.29) is 5.54 Å². The van der Waals surface area contributed by atoms with Gasteiger partial charge in [0, 0.05) is 29.4 Å². The molecule has 0 amide bonds. The number of hydrogen-bond acceptors (Lipinski definition) is 2. The highest BCUT2D eigenvalue weighted by Crippen LogP contribution is 2.60. The van der Waals surface area contributed by atoms with E-state index in [2.05, 4.69) is 66.9 Å². The Morgan fingerprint density at radius 2 is 1.88 bits per heavy atom. The van der Waals surface area contributed by atoms with Crippen LogP contribution in [0.1, 0.15) is 54.7 Å². The van der Waals surface area contributed by atoms with Gasteiger partial charge in [-0.3, -0.25) is 0 Å². The molecule has 1 unspecified atom stereocenters. The number of nitrogens with zero attached hydrogens (tertiary/aromatic N) is 2. The van der Waals surface area contributed by atoms with Crippen LogP contribution in [0.5, 0.6) is 0 Å². The van der Waals surface area contributed by atoms with Crippen molar-refractivity contribution >= 4 is 27.2 Å². The van der Waals surface area contributed by atoms with Crippen LogP contribution >= 0.6 is 11.3 Å². The molecule has 0 radical (unpaired) electrons. The Bertz CT molecular complexity index is 927. The summed E-state index contributed by atoms with van der Waals surface area (Å²) < 4.78 is 3.79. The van der Waals surface area contributed by atoms with E-state index < -0.39 is 0 Å². The maximum Gasteiger partial charge on any atom is 0.0756 e. The zero-order chi connectivity index (χ0) is 16.5. The van der Waals surface area contributed by atoms with Gasteiger partial charge in [0.15, 0.2) is 0 Å². The molecular formula is C21H24N2S. The van der Waals surface area contributed by atoms with Crippen molar-refractivity contribution < 1.29 is 0 Å². The molecule has 124 valence electrons. The first-order valence-electron chi connectivity index (χ1n) is 9.07. The summed E-state index contributed by atoms with van der Waals surface area (Å²) in [5.41, 5.74) is 6.11. The molecule has 5 rings (SSSR count). The van der Waals surface area contributed by atoms with Crippen LogP contribution in [0, 0.1) is 6.92 Å². The third-order valence-electron chi connectivity index (χ3n) is 6.24. The molecule has 2 aliphatic rings. The number of para-hydroxylation sites is 1. The first-order valence-corrected chi connectivity index (χ1v) is 9.88. The molecular weight excluding hydrogens is 312 g/mol. The van der Waals surface area contributed by atoms with E-state index in [9.17, 15) is 0 Å². The minimum absolute atomic E-state index is 0.227. The minimum atomic E-state index is 0.227. The van der Waals surface area contributed by atoms with Gasteiger partial charge in [0.05, 0.1) is 21.8 Å². The van der Waals surface area contributed by atoms with Crippen LogP contribution in [-0.4, -0.2) is 4.57 Å². The number of thiophene rings is 1. The van der Waals surface area contributed by atoms with Crippen LogP contribution in [0.25, 0.3) is 10.2 Å². The molecule has 1 atom stereocenters. The van der Waals surface area contributed by atoms with E-state index in [4.69, 9.17) is 0 Å². The summed E-state index contributed by atoms with van der Waals surface area (Å²) in [6.45, 7) is 4.67. The topological polar surface area (TPSA) is 8.17 Å². The fourth-order valence-corrected chi connectivity index (χ4v) is 6.80. The van der Waals surface area contributed by atoms with Crippen LogP contribution in [0.2, 0.25) is 0 Å². The van der Waals surface area contributed by atoms with Crippen molar-refractivity contribution in [1.82, 2.24) is 4.57 Å². The fraction of sp³-hybridized carbons (Fsp3) is 0.429. The molecule has 3 heteroatoms. The average Bonchev–Trinajstić information content (AvgIpc) is 3.29. The van der Waals surface area contributed by atoms with E-state index in [0.29, 0.717) is 6.04 Å². The largest absolute Gasteiger partial charge is 0.354 e. The maximum atomic E-state index is 2.77. The Kier molecular flexibility index (Phi) is 2.97. The number of fused-ring (bicyclic) bond motifs is 4. The van der Waals surface area contributed by atoms with E-state index in [1.54, 1.807) is 10.4 Å². The van der Waals surface area contributed by atoms with Gasteiger partial charge in [0.25, 0.3) is 0 Å². The maximum absolute atomic E-state index is 2.77. The number of benzene rings is 1. The molecule has 1 aromatic carbocycles.